The van der Waals surface area contributed by atoms with E-state index in [1.165, 1.54) is 0 Å². The highest BCUT2D eigenvalue weighted by Gasteiger charge is 2.32. The van der Waals surface area contributed by atoms with Crippen LogP contribution in [0.4, 0.5) is 29.0 Å². The minimum absolute atomic E-state index is 0.198. The highest BCUT2D eigenvalue weighted by Crippen LogP contribution is 2.42. The number of ether oxygens (including phenoxy) is 2. The summed E-state index contributed by atoms with van der Waals surface area (Å²) in [5.74, 6) is 2.81. The molecule has 3 fully saturated rings. The highest BCUT2D eigenvalue weighted by molar-refractivity contribution is 9.10. The zero-order valence-electron chi connectivity index (χ0n) is 27.8. The average Bonchev–Trinajstić information content (AvgIpc) is 3.90. The van der Waals surface area contributed by atoms with E-state index >= 15 is 0 Å². The van der Waals surface area contributed by atoms with Crippen LogP contribution < -0.4 is 30.3 Å². The number of piperazine rings is 1. The largest absolute Gasteiger partial charge is 0.486 e. The molecule has 1 aromatic carbocycles. The second kappa shape index (κ2) is 13.7. The van der Waals surface area contributed by atoms with Crippen molar-refractivity contribution < 1.29 is 14.0 Å². The van der Waals surface area contributed by atoms with Crippen LogP contribution in [0, 0.1) is 0 Å². The van der Waals surface area contributed by atoms with Gasteiger partial charge in [-0.2, -0.15) is 9.97 Å². The van der Waals surface area contributed by atoms with Gasteiger partial charge in [0.2, 0.25) is 11.8 Å². The van der Waals surface area contributed by atoms with Gasteiger partial charge in [0.15, 0.2) is 11.6 Å². The van der Waals surface area contributed by atoms with E-state index < -0.39 is 7.14 Å². The third-order valence-corrected chi connectivity index (χ3v) is 11.3. The minimum Gasteiger partial charge on any atom is -0.486 e. The van der Waals surface area contributed by atoms with Gasteiger partial charge < -0.3 is 34.5 Å². The fourth-order valence-electron chi connectivity index (χ4n) is 6.45. The van der Waals surface area contributed by atoms with Crippen LogP contribution in [0.3, 0.4) is 0 Å². The van der Waals surface area contributed by atoms with Crippen LogP contribution in [0.25, 0.3) is 11.0 Å². The first kappa shape index (κ1) is 32.9. The molecule has 3 aliphatic rings. The van der Waals surface area contributed by atoms with Gasteiger partial charge in [-0.05, 0) is 74.1 Å². The Labute approximate surface area is 289 Å². The fraction of sp³-hybridized carbons (Fsp3) is 0.485. The second-order valence-corrected chi connectivity index (χ2v) is 17.1. The fourth-order valence-corrected chi connectivity index (χ4v) is 8.14. The van der Waals surface area contributed by atoms with Gasteiger partial charge in [0, 0.05) is 70.0 Å². The summed E-state index contributed by atoms with van der Waals surface area (Å²) in [7, 11) is 1.06. The molecule has 0 spiro atoms. The van der Waals surface area contributed by atoms with Crippen molar-refractivity contribution in [2.75, 3.05) is 82.3 Å². The number of halogens is 1. The molecule has 3 aromatic heterocycles. The molecule has 48 heavy (non-hydrogen) atoms. The van der Waals surface area contributed by atoms with Crippen LogP contribution >= 0.6 is 23.1 Å². The first-order chi connectivity index (χ1) is 23.2. The maximum Gasteiger partial charge on any atom is 0.239 e. The van der Waals surface area contributed by atoms with E-state index in [0.29, 0.717) is 55.9 Å². The normalized spacial score (nSPS) is 18.2. The van der Waals surface area contributed by atoms with Crippen LogP contribution in [0.2, 0.25) is 0 Å². The van der Waals surface area contributed by atoms with Crippen LogP contribution in [0.15, 0.2) is 41.3 Å². The first-order valence-corrected chi connectivity index (χ1v) is 19.8. The number of likely N-dealkylation sites (N-methyl/N-ethyl adjacent to an activating group) is 1. The number of rotatable bonds is 10. The lowest BCUT2D eigenvalue weighted by Crippen LogP contribution is -2.52. The molecule has 2 saturated heterocycles. The Morgan fingerprint density at radius 1 is 0.917 bits per heavy atom. The number of nitrogens with zero attached hydrogens (tertiary/aromatic N) is 8. The Kier molecular flexibility index (Phi) is 9.43. The summed E-state index contributed by atoms with van der Waals surface area (Å²) in [6.07, 6.45) is 9.36. The van der Waals surface area contributed by atoms with Gasteiger partial charge >= 0.3 is 0 Å². The molecule has 5 heterocycles. The number of piperidine rings is 1. The Balaban J connectivity index is 1.14. The molecule has 254 valence electrons. The molecule has 15 heteroatoms. The van der Waals surface area contributed by atoms with E-state index in [1.807, 2.05) is 18.2 Å². The Bertz CT molecular complexity index is 1840. The number of pyridine rings is 1. The molecule has 4 aromatic rings. The summed E-state index contributed by atoms with van der Waals surface area (Å²) >= 11 is 3.58. The van der Waals surface area contributed by atoms with Crippen LogP contribution in [0.1, 0.15) is 25.7 Å². The van der Waals surface area contributed by atoms with Crippen LogP contribution in [-0.2, 0) is 4.57 Å². The van der Waals surface area contributed by atoms with Gasteiger partial charge in [0.25, 0.3) is 0 Å². The van der Waals surface area contributed by atoms with Gasteiger partial charge in [-0.25, -0.2) is 4.98 Å². The molecule has 2 aliphatic heterocycles. The highest BCUT2D eigenvalue weighted by atomic mass is 79.9. The van der Waals surface area contributed by atoms with Gasteiger partial charge in [0.1, 0.15) is 24.2 Å². The molecule has 2 N–H and O–H groups in total. The number of fused-ring (bicyclic) bond motifs is 1. The topological polar surface area (TPSA) is 134 Å². The van der Waals surface area contributed by atoms with Crippen molar-refractivity contribution in [3.8, 4) is 11.6 Å². The molecule has 0 atom stereocenters. The third-order valence-electron chi connectivity index (χ3n) is 9.16. The number of benzene rings is 1. The summed E-state index contributed by atoms with van der Waals surface area (Å²) in [6.45, 7) is 9.81. The van der Waals surface area contributed by atoms with E-state index in [2.05, 4.69) is 63.3 Å². The Morgan fingerprint density at radius 3 is 2.38 bits per heavy atom. The second-order valence-electron chi connectivity index (χ2n) is 13.1. The van der Waals surface area contributed by atoms with Gasteiger partial charge in [-0.1, -0.05) is 0 Å². The Morgan fingerprint density at radius 2 is 1.67 bits per heavy atom. The smallest absolute Gasteiger partial charge is 0.239 e. The molecular weight excluding hydrogens is 695 g/mol. The quantitative estimate of drug-likeness (QED) is 0.210. The number of hydrogen-bond donors (Lipinski definition) is 2. The van der Waals surface area contributed by atoms with Crippen molar-refractivity contribution in [1.29, 1.82) is 0 Å². The molecule has 1 aliphatic carbocycles. The van der Waals surface area contributed by atoms with Crippen molar-refractivity contribution >= 4 is 68.4 Å². The molecule has 7 rings (SSSR count). The summed E-state index contributed by atoms with van der Waals surface area (Å²) in [4.78, 5) is 30.6. The number of nitrogens with one attached hydrogen (secondary N) is 2. The molecule has 0 radical (unpaired) electrons. The van der Waals surface area contributed by atoms with Crippen molar-refractivity contribution in [3.63, 3.8) is 0 Å². The molecule has 0 amide bonds. The zero-order chi connectivity index (χ0) is 33.4. The van der Waals surface area contributed by atoms with E-state index in [4.69, 9.17) is 19.4 Å². The zero-order valence-corrected chi connectivity index (χ0v) is 30.3. The number of hydrogen-bond acceptors (Lipinski definition) is 13. The summed E-state index contributed by atoms with van der Waals surface area (Å²) in [5.41, 5.74) is 2.52. The molecule has 1 saturated carbocycles. The van der Waals surface area contributed by atoms with Gasteiger partial charge in [0.05, 0.1) is 34.2 Å². The summed E-state index contributed by atoms with van der Waals surface area (Å²) in [6, 6.07) is 6.26. The van der Waals surface area contributed by atoms with Crippen molar-refractivity contribution in [2.24, 2.45) is 0 Å². The van der Waals surface area contributed by atoms with Crippen LogP contribution in [0.5, 0.6) is 11.6 Å². The van der Waals surface area contributed by atoms with E-state index in [-0.39, 0.29) is 6.10 Å². The van der Waals surface area contributed by atoms with E-state index in [0.717, 1.165) is 76.5 Å². The SMILES string of the molecule is COc1nc(N2CCC(N3CCN(C)CC3)CC2)c(OC2CC2)cc1Nc1ncc(Br)c(Nc2ccc3nccnc3c2P(C)(C)=O)n1. The van der Waals surface area contributed by atoms with Crippen LogP contribution in [-0.4, -0.2) is 114 Å². The number of aromatic nitrogens is 5. The molecular formula is C33H42BrN10O3P. The average molecular weight is 738 g/mol. The molecule has 0 unspecified atom stereocenters. The maximum atomic E-state index is 13.5. The first-order valence-electron chi connectivity index (χ1n) is 16.5. The Hall–Kier alpha value is -3.58. The lowest BCUT2D eigenvalue weighted by molar-refractivity contribution is 0.0980. The molecule has 13 nitrogen and oxygen atoms in total. The maximum absolute atomic E-state index is 13.5. The van der Waals surface area contributed by atoms with Gasteiger partial charge in [-0.3, -0.25) is 14.9 Å². The monoisotopic (exact) mass is 736 g/mol. The lowest BCUT2D eigenvalue weighted by atomic mass is 10.0. The van der Waals surface area contributed by atoms with E-state index in [1.54, 1.807) is 39.0 Å². The van der Waals surface area contributed by atoms with Gasteiger partial charge in [-0.15, -0.1) is 0 Å². The summed E-state index contributed by atoms with van der Waals surface area (Å²) in [5, 5.41) is 7.29. The van der Waals surface area contributed by atoms with E-state index in [9.17, 15) is 4.57 Å². The van der Waals surface area contributed by atoms with Crippen molar-refractivity contribution in [2.45, 2.75) is 37.8 Å². The van der Waals surface area contributed by atoms with Crippen molar-refractivity contribution in [3.05, 3.63) is 41.3 Å². The predicted molar refractivity (Wildman–Crippen MR) is 194 cm³/mol. The standard InChI is InChI=1S/C33H42BrN10O3P/c1-42-15-17-43(18-16-42)21-9-13-44(14-10-21)31-27(47-22-5-6-22)19-26(32(41-31)46-2)39-33-37-20-23(34)30(40-33)38-25-8-7-24-28(36-12-11-35-24)29(25)48(3,4)45/h7-8,11-12,19-22H,5-6,9-10,13-18H2,1-4H3,(H2,37,38,39,40). The lowest BCUT2D eigenvalue weighted by Gasteiger charge is -2.42. The minimum atomic E-state index is -2.76. The number of methoxy groups -OCH3 is 1. The van der Waals surface area contributed by atoms with Crippen molar-refractivity contribution in [1.82, 2.24) is 34.7 Å². The predicted octanol–water partition coefficient (Wildman–Crippen LogP) is 5.08. The summed E-state index contributed by atoms with van der Waals surface area (Å²) < 4.78 is 26.3. The molecule has 0 bridgehead atoms. The number of anilines is 5. The third kappa shape index (κ3) is 7.22.